The minimum absolute atomic E-state index is 0.0832. The van der Waals surface area contributed by atoms with Gasteiger partial charge in [0.05, 0.1) is 11.0 Å². The van der Waals surface area contributed by atoms with E-state index in [-0.39, 0.29) is 5.69 Å². The van der Waals surface area contributed by atoms with Crippen molar-refractivity contribution in [1.29, 1.82) is 0 Å². The molecular formula is C17H26N4O4. The lowest BCUT2D eigenvalue weighted by molar-refractivity contribution is -0.385. The first-order chi connectivity index (χ1) is 12.0. The zero-order chi connectivity index (χ0) is 17.8. The summed E-state index contributed by atoms with van der Waals surface area (Å²) in [7, 11) is 4.15. The molecule has 2 saturated heterocycles. The van der Waals surface area contributed by atoms with E-state index in [1.807, 2.05) is 0 Å². The maximum atomic E-state index is 11.0. The van der Waals surface area contributed by atoms with Gasteiger partial charge < -0.3 is 19.3 Å². The first kappa shape index (κ1) is 17.9. The molecule has 2 aliphatic rings. The predicted octanol–water partition coefficient (Wildman–Crippen LogP) is 1.94. The fourth-order valence-corrected chi connectivity index (χ4v) is 3.47. The molecule has 0 radical (unpaired) electrons. The highest BCUT2D eigenvalue weighted by Crippen LogP contribution is 2.30. The van der Waals surface area contributed by atoms with Crippen LogP contribution in [0.5, 0.6) is 11.6 Å². The summed E-state index contributed by atoms with van der Waals surface area (Å²) < 4.78 is 11.7. The molecule has 8 heteroatoms. The number of ether oxygens (including phenoxy) is 2. The molecule has 0 N–H and O–H groups in total. The lowest BCUT2D eigenvalue weighted by Crippen LogP contribution is -2.31. The Bertz CT molecular complexity index is 612. The van der Waals surface area contributed by atoms with Crippen LogP contribution in [-0.4, -0.2) is 72.2 Å². The van der Waals surface area contributed by atoms with Crippen molar-refractivity contribution in [1.82, 2.24) is 14.8 Å². The molecule has 0 aliphatic carbocycles. The number of aromatic nitrogens is 1. The molecule has 0 bridgehead atoms. The van der Waals surface area contributed by atoms with Gasteiger partial charge in [-0.25, -0.2) is 4.98 Å². The molecule has 2 fully saturated rings. The summed E-state index contributed by atoms with van der Waals surface area (Å²) in [4.78, 5) is 19.2. The minimum Gasteiger partial charge on any atom is -0.486 e. The highest BCUT2D eigenvalue weighted by molar-refractivity contribution is 5.42. The molecule has 1 aromatic rings. The van der Waals surface area contributed by atoms with E-state index >= 15 is 0 Å². The van der Waals surface area contributed by atoms with E-state index in [0.717, 1.165) is 38.8 Å². The van der Waals surface area contributed by atoms with Gasteiger partial charge in [0.25, 0.3) is 11.6 Å². The Morgan fingerprint density at radius 3 is 2.28 bits per heavy atom. The van der Waals surface area contributed by atoms with Gasteiger partial charge in [0.15, 0.2) is 5.75 Å². The fraction of sp³-hybridized carbons (Fsp3) is 0.706. The summed E-state index contributed by atoms with van der Waals surface area (Å²) >= 11 is 0. The Hall–Kier alpha value is -1.93. The molecule has 2 aliphatic heterocycles. The summed E-state index contributed by atoms with van der Waals surface area (Å²) in [6.45, 7) is 3.12. The molecule has 138 valence electrons. The second-order valence-electron chi connectivity index (χ2n) is 6.93. The van der Waals surface area contributed by atoms with Crippen LogP contribution in [0.2, 0.25) is 0 Å². The van der Waals surface area contributed by atoms with Gasteiger partial charge in [-0.2, -0.15) is 0 Å². The number of likely N-dealkylation sites (tertiary alicyclic amines) is 2. The van der Waals surface area contributed by atoms with Gasteiger partial charge in [-0.3, -0.25) is 10.1 Å². The Kier molecular flexibility index (Phi) is 5.70. The number of nitro groups is 1. The fourth-order valence-electron chi connectivity index (χ4n) is 3.47. The molecule has 0 aromatic carbocycles. The second-order valence-corrected chi connectivity index (χ2v) is 6.93. The number of pyridine rings is 1. The number of nitrogens with zero attached hydrogens (tertiary/aromatic N) is 4. The van der Waals surface area contributed by atoms with Crippen molar-refractivity contribution in [3.05, 3.63) is 22.4 Å². The molecule has 2 atom stereocenters. The average molecular weight is 350 g/mol. The van der Waals surface area contributed by atoms with Crippen LogP contribution in [0.4, 0.5) is 5.69 Å². The lowest BCUT2D eigenvalue weighted by atomic mass is 10.2. The van der Waals surface area contributed by atoms with Crippen LogP contribution in [0, 0.1) is 10.1 Å². The van der Waals surface area contributed by atoms with Crippen molar-refractivity contribution in [2.45, 2.75) is 37.8 Å². The van der Waals surface area contributed by atoms with Crippen LogP contribution in [0.25, 0.3) is 0 Å². The molecular weight excluding hydrogens is 324 g/mol. The molecule has 1 aromatic heterocycles. The lowest BCUT2D eigenvalue weighted by Gasteiger charge is -2.22. The summed E-state index contributed by atoms with van der Waals surface area (Å²) in [5, 5.41) is 11.0. The highest BCUT2D eigenvalue weighted by Gasteiger charge is 2.25. The molecule has 8 nitrogen and oxygen atoms in total. The molecule has 0 spiro atoms. The summed E-state index contributed by atoms with van der Waals surface area (Å²) in [6, 6.07) is 2.09. The topological polar surface area (TPSA) is 81.0 Å². The van der Waals surface area contributed by atoms with Gasteiger partial charge in [-0.1, -0.05) is 0 Å². The molecule has 0 saturated carbocycles. The van der Waals surface area contributed by atoms with E-state index in [4.69, 9.17) is 9.47 Å². The maximum absolute atomic E-state index is 11.0. The standard InChI is InChI=1S/C17H26N4O4/c1-19-7-3-5-13(19)11-24-16-9-15(21(22)23)10-18-17(16)25-12-14-6-4-8-20(14)2/h9-10,13-14H,3-8,11-12H2,1-2H3/t13-,14-/m1/s1. The molecule has 25 heavy (non-hydrogen) atoms. The van der Waals surface area contributed by atoms with Crippen molar-refractivity contribution in [2.75, 3.05) is 40.4 Å². The minimum atomic E-state index is -0.462. The van der Waals surface area contributed by atoms with Crippen LogP contribution in [0.15, 0.2) is 12.3 Å². The zero-order valence-electron chi connectivity index (χ0n) is 14.9. The number of hydrogen-bond acceptors (Lipinski definition) is 7. The van der Waals surface area contributed by atoms with Gasteiger partial charge in [0.2, 0.25) is 0 Å². The van der Waals surface area contributed by atoms with Gasteiger partial charge >= 0.3 is 0 Å². The number of likely N-dealkylation sites (N-methyl/N-ethyl adjacent to an activating group) is 2. The largest absolute Gasteiger partial charge is 0.486 e. The Labute approximate surface area is 147 Å². The predicted molar refractivity (Wildman–Crippen MR) is 93.2 cm³/mol. The van der Waals surface area contributed by atoms with Crippen molar-refractivity contribution in [3.63, 3.8) is 0 Å². The van der Waals surface area contributed by atoms with Crippen molar-refractivity contribution in [3.8, 4) is 11.6 Å². The van der Waals surface area contributed by atoms with Crippen molar-refractivity contribution >= 4 is 5.69 Å². The summed E-state index contributed by atoms with van der Waals surface area (Å²) in [6.07, 6.45) is 5.70. The van der Waals surface area contributed by atoms with Crippen LogP contribution in [-0.2, 0) is 0 Å². The molecule has 0 unspecified atom stereocenters. The second kappa shape index (κ2) is 7.97. The van der Waals surface area contributed by atoms with E-state index < -0.39 is 4.92 Å². The van der Waals surface area contributed by atoms with E-state index in [2.05, 4.69) is 28.9 Å². The van der Waals surface area contributed by atoms with Crippen LogP contribution < -0.4 is 9.47 Å². The first-order valence-corrected chi connectivity index (χ1v) is 8.85. The smallest absolute Gasteiger partial charge is 0.291 e. The van der Waals surface area contributed by atoms with Gasteiger partial charge in [-0.05, 0) is 52.9 Å². The monoisotopic (exact) mass is 350 g/mol. The third-order valence-corrected chi connectivity index (χ3v) is 5.20. The van der Waals surface area contributed by atoms with E-state index in [9.17, 15) is 10.1 Å². The third-order valence-electron chi connectivity index (χ3n) is 5.20. The third kappa shape index (κ3) is 4.38. The Balaban J connectivity index is 1.68. The SMILES string of the molecule is CN1CCC[C@@H]1COc1cc([N+](=O)[O-])cnc1OC[C@H]1CCCN1C. The average Bonchev–Trinajstić information content (AvgIpc) is 3.19. The molecule has 0 amide bonds. The van der Waals surface area contributed by atoms with Crippen LogP contribution >= 0.6 is 0 Å². The Morgan fingerprint density at radius 1 is 1.16 bits per heavy atom. The normalized spacial score (nSPS) is 24.6. The number of rotatable bonds is 7. The van der Waals surface area contributed by atoms with Crippen LogP contribution in [0.1, 0.15) is 25.7 Å². The van der Waals surface area contributed by atoms with E-state index in [1.165, 1.54) is 12.3 Å². The van der Waals surface area contributed by atoms with E-state index in [1.54, 1.807) is 0 Å². The highest BCUT2D eigenvalue weighted by atomic mass is 16.6. The van der Waals surface area contributed by atoms with Crippen LogP contribution in [0.3, 0.4) is 0 Å². The summed E-state index contributed by atoms with van der Waals surface area (Å²) in [5.41, 5.74) is -0.0832. The molecule has 3 heterocycles. The Morgan fingerprint density at radius 2 is 1.76 bits per heavy atom. The maximum Gasteiger partial charge on any atom is 0.291 e. The van der Waals surface area contributed by atoms with Gasteiger partial charge in [-0.15, -0.1) is 0 Å². The quantitative estimate of drug-likeness (QED) is 0.549. The van der Waals surface area contributed by atoms with Crippen molar-refractivity contribution in [2.24, 2.45) is 0 Å². The summed E-state index contributed by atoms with van der Waals surface area (Å²) in [5.74, 6) is 0.696. The van der Waals surface area contributed by atoms with Gasteiger partial charge in [0, 0.05) is 12.1 Å². The van der Waals surface area contributed by atoms with Crippen molar-refractivity contribution < 1.29 is 14.4 Å². The van der Waals surface area contributed by atoms with Gasteiger partial charge in [0.1, 0.15) is 19.4 Å². The van der Waals surface area contributed by atoms with E-state index in [0.29, 0.717) is 36.9 Å². The molecule has 3 rings (SSSR count). The zero-order valence-corrected chi connectivity index (χ0v) is 14.9. The number of hydrogen-bond donors (Lipinski definition) is 0. The first-order valence-electron chi connectivity index (χ1n) is 8.85.